The Bertz CT molecular complexity index is 1690. The second kappa shape index (κ2) is 26.5. The quantitative estimate of drug-likeness (QED) is 0.0674. The predicted octanol–water partition coefficient (Wildman–Crippen LogP) is 1.80. The minimum Gasteiger partial charge on any atom is -0.368 e. The van der Waals surface area contributed by atoms with Crippen LogP contribution in [0, 0.1) is 29.6 Å². The van der Waals surface area contributed by atoms with E-state index >= 15 is 0 Å². The first-order chi connectivity index (χ1) is 29.6. The summed E-state index contributed by atoms with van der Waals surface area (Å²) in [5.41, 5.74) is 12.7. The fourth-order valence-corrected chi connectivity index (χ4v) is 7.55. The number of nitrogens with two attached hydrogens (primary N) is 2. The average molecular weight is 884 g/mol. The second-order valence-electron chi connectivity index (χ2n) is 18.5. The van der Waals surface area contributed by atoms with E-state index in [-0.39, 0.29) is 49.0 Å². The van der Waals surface area contributed by atoms with Crippen molar-refractivity contribution in [3.05, 3.63) is 35.9 Å². The van der Waals surface area contributed by atoms with Gasteiger partial charge in [-0.3, -0.25) is 38.4 Å². The van der Waals surface area contributed by atoms with E-state index in [0.717, 1.165) is 5.56 Å². The molecule has 17 nitrogen and oxygen atoms in total. The van der Waals surface area contributed by atoms with Gasteiger partial charge < -0.3 is 48.3 Å². The summed E-state index contributed by atoms with van der Waals surface area (Å²) in [6.45, 7) is 18.5. The zero-order valence-electron chi connectivity index (χ0n) is 39.3. The number of nitrogens with zero attached hydrogens (tertiary/aromatic N) is 1. The molecule has 2 rings (SSSR count). The molecule has 354 valence electrons. The molecule has 0 aromatic heterocycles. The maximum absolute atomic E-state index is 14.0. The number of hydrogen-bond donors (Lipinski definition) is 8. The van der Waals surface area contributed by atoms with Gasteiger partial charge in [0.2, 0.25) is 47.3 Å². The van der Waals surface area contributed by atoms with Crippen molar-refractivity contribution in [3.8, 4) is 0 Å². The fraction of sp³-hybridized carbons (Fsp3) is 0.696. The van der Waals surface area contributed by atoms with Crippen LogP contribution in [0.15, 0.2) is 30.3 Å². The number of likely N-dealkylation sites (tertiary alicyclic amines) is 1. The van der Waals surface area contributed by atoms with Gasteiger partial charge in [0.1, 0.15) is 36.3 Å². The van der Waals surface area contributed by atoms with Crippen LogP contribution in [0.5, 0.6) is 0 Å². The molecule has 10 N–H and O–H groups in total. The Morgan fingerprint density at radius 1 is 0.651 bits per heavy atom. The molecular formula is C46H77N9O8. The van der Waals surface area contributed by atoms with Crippen molar-refractivity contribution in [2.45, 2.75) is 163 Å². The van der Waals surface area contributed by atoms with Crippen LogP contribution >= 0.6 is 0 Å². The number of nitrogens with one attached hydrogen (secondary N) is 6. The molecule has 17 heteroatoms. The third-order valence-electron chi connectivity index (χ3n) is 11.5. The molecule has 1 aromatic rings. The van der Waals surface area contributed by atoms with E-state index in [9.17, 15) is 38.4 Å². The zero-order chi connectivity index (χ0) is 47.6. The molecule has 1 fully saturated rings. The van der Waals surface area contributed by atoms with Crippen molar-refractivity contribution < 1.29 is 38.4 Å². The molecule has 9 unspecified atom stereocenters. The van der Waals surface area contributed by atoms with Crippen LogP contribution in [-0.2, 0) is 44.8 Å². The van der Waals surface area contributed by atoms with Gasteiger partial charge in [0.15, 0.2) is 0 Å². The highest BCUT2D eigenvalue weighted by atomic mass is 16.2. The third-order valence-corrected chi connectivity index (χ3v) is 11.5. The molecule has 0 saturated carbocycles. The Balaban J connectivity index is 2.15. The maximum atomic E-state index is 14.0. The summed E-state index contributed by atoms with van der Waals surface area (Å²) in [7, 11) is 0. The highest BCUT2D eigenvalue weighted by Crippen LogP contribution is 2.22. The van der Waals surface area contributed by atoms with Crippen molar-refractivity contribution >= 4 is 47.3 Å². The Hall–Kier alpha value is -5.06. The molecule has 0 radical (unpaired) electrons. The Morgan fingerprint density at radius 2 is 1.17 bits per heavy atom. The first-order valence-corrected chi connectivity index (χ1v) is 22.8. The number of carbonyl (C=O) groups excluding carboxylic acids is 8. The molecule has 0 aliphatic carbocycles. The van der Waals surface area contributed by atoms with Gasteiger partial charge in [-0.25, -0.2) is 0 Å². The highest BCUT2D eigenvalue weighted by molar-refractivity contribution is 5.97. The number of primary amides is 1. The predicted molar refractivity (Wildman–Crippen MR) is 242 cm³/mol. The van der Waals surface area contributed by atoms with Gasteiger partial charge in [0.05, 0.1) is 12.6 Å². The summed E-state index contributed by atoms with van der Waals surface area (Å²) < 4.78 is 0. The molecule has 1 aliphatic rings. The lowest BCUT2D eigenvalue weighted by atomic mass is 9.95. The highest BCUT2D eigenvalue weighted by Gasteiger charge is 2.40. The van der Waals surface area contributed by atoms with Crippen LogP contribution in [-0.4, -0.2) is 108 Å². The monoisotopic (exact) mass is 884 g/mol. The van der Waals surface area contributed by atoms with E-state index in [1.807, 2.05) is 85.7 Å². The number of rotatable bonds is 26. The van der Waals surface area contributed by atoms with Gasteiger partial charge in [-0.1, -0.05) is 112 Å². The molecular weight excluding hydrogens is 807 g/mol. The number of carbonyl (C=O) groups is 8. The second-order valence-corrected chi connectivity index (χ2v) is 18.5. The van der Waals surface area contributed by atoms with Crippen LogP contribution in [0.25, 0.3) is 0 Å². The van der Waals surface area contributed by atoms with Crippen molar-refractivity contribution in [1.29, 1.82) is 0 Å². The van der Waals surface area contributed by atoms with Gasteiger partial charge in [-0.2, -0.15) is 0 Å². The first-order valence-electron chi connectivity index (χ1n) is 22.8. The van der Waals surface area contributed by atoms with E-state index in [4.69, 9.17) is 11.5 Å². The lowest BCUT2D eigenvalue weighted by molar-refractivity contribution is -0.142. The molecule has 0 spiro atoms. The lowest BCUT2D eigenvalue weighted by Crippen LogP contribution is -2.59. The third kappa shape index (κ3) is 17.9. The Labute approximate surface area is 374 Å². The van der Waals surface area contributed by atoms with Crippen molar-refractivity contribution in [1.82, 2.24) is 36.8 Å². The molecule has 8 amide bonds. The van der Waals surface area contributed by atoms with E-state index in [1.54, 1.807) is 13.8 Å². The number of hydrogen-bond acceptors (Lipinski definition) is 9. The summed E-state index contributed by atoms with van der Waals surface area (Å²) in [5, 5.41) is 16.4. The fourth-order valence-electron chi connectivity index (χ4n) is 7.55. The SMILES string of the molecule is CCC(C)C(NC(=O)C(CC(C)C)NC(=O)CNC(=O)C(NC(=O)C1CCCN1C(=O)C(CC(C)C)NC(=O)C(N)Cc1ccccc1)C(C)CC)C(=O)NC(CC(C)C)C(N)=O. The van der Waals surface area contributed by atoms with Gasteiger partial charge >= 0.3 is 0 Å². The van der Waals surface area contributed by atoms with E-state index < -0.39 is 96.1 Å². The normalized spacial score (nSPS) is 17.7. The van der Waals surface area contributed by atoms with Gasteiger partial charge in [0, 0.05) is 6.54 Å². The van der Waals surface area contributed by atoms with E-state index in [2.05, 4.69) is 31.9 Å². The van der Waals surface area contributed by atoms with Crippen LogP contribution in [0.2, 0.25) is 0 Å². The largest absolute Gasteiger partial charge is 0.368 e. The molecule has 1 saturated heterocycles. The van der Waals surface area contributed by atoms with E-state index in [0.29, 0.717) is 38.5 Å². The summed E-state index contributed by atoms with van der Waals surface area (Å²) in [4.78, 5) is 109. The van der Waals surface area contributed by atoms with Crippen molar-refractivity contribution in [2.75, 3.05) is 13.1 Å². The summed E-state index contributed by atoms with van der Waals surface area (Å²) in [6.07, 6.45) is 3.10. The maximum Gasteiger partial charge on any atom is 0.245 e. The minimum absolute atomic E-state index is 0.0374. The van der Waals surface area contributed by atoms with Crippen molar-refractivity contribution in [2.24, 2.45) is 41.1 Å². The molecule has 9 atom stereocenters. The van der Waals surface area contributed by atoms with Crippen LogP contribution < -0.4 is 43.4 Å². The van der Waals surface area contributed by atoms with Crippen molar-refractivity contribution in [3.63, 3.8) is 0 Å². The average Bonchev–Trinajstić information content (AvgIpc) is 3.72. The minimum atomic E-state index is -1.06. The van der Waals surface area contributed by atoms with Gasteiger partial charge in [0.25, 0.3) is 0 Å². The van der Waals surface area contributed by atoms with E-state index in [1.165, 1.54) is 4.90 Å². The molecule has 0 bridgehead atoms. The van der Waals surface area contributed by atoms with Crippen LogP contribution in [0.4, 0.5) is 0 Å². The summed E-state index contributed by atoms with van der Waals surface area (Å²) >= 11 is 0. The first kappa shape index (κ1) is 54.1. The lowest BCUT2D eigenvalue weighted by Gasteiger charge is -2.31. The molecule has 1 heterocycles. The van der Waals surface area contributed by atoms with Gasteiger partial charge in [-0.05, 0) is 73.7 Å². The molecule has 1 aromatic carbocycles. The Morgan fingerprint density at radius 3 is 1.71 bits per heavy atom. The Kier molecular flexibility index (Phi) is 22.8. The van der Waals surface area contributed by atoms with Gasteiger partial charge in [-0.15, -0.1) is 0 Å². The number of benzene rings is 1. The summed E-state index contributed by atoms with van der Waals surface area (Å²) in [5.74, 6) is -5.15. The van der Waals surface area contributed by atoms with Crippen LogP contribution in [0.3, 0.4) is 0 Å². The summed E-state index contributed by atoms with van der Waals surface area (Å²) in [6, 6.07) is 2.59. The molecule has 1 aliphatic heterocycles. The zero-order valence-corrected chi connectivity index (χ0v) is 39.3. The molecule has 63 heavy (non-hydrogen) atoms. The smallest absolute Gasteiger partial charge is 0.245 e. The van der Waals surface area contributed by atoms with Crippen LogP contribution in [0.1, 0.15) is 120 Å². The number of amides is 8. The topological polar surface area (TPSA) is 264 Å². The standard InChI is InChI=1S/C46H77N9O8/c1-11-29(9)38(54-43(60)36-19-16-20-55(36)46(63)35(23-28(7)8)52-41(58)32(47)24-31-17-14-13-15-18-31)44(61)49-25-37(56)50-34(22-27(5)6)42(59)53-39(30(10)12-2)45(62)51-33(40(48)57)21-26(3)4/h13-15,17-18,26-30,32-36,38-39H,11-12,16,19-25,47H2,1-10H3,(H2,48,57)(H,49,61)(H,50,56)(H,51,62)(H,52,58)(H,53,59)(H,54,60).